The predicted molar refractivity (Wildman–Crippen MR) is 110 cm³/mol. The Morgan fingerprint density at radius 1 is 1.22 bits per heavy atom. The van der Waals surface area contributed by atoms with Gasteiger partial charge in [-0.2, -0.15) is 0 Å². The van der Waals surface area contributed by atoms with Crippen molar-refractivity contribution < 1.29 is 27.8 Å². The highest BCUT2D eigenvalue weighted by molar-refractivity contribution is 5.81. The van der Waals surface area contributed by atoms with Crippen molar-refractivity contribution in [2.45, 2.75) is 63.6 Å². The van der Waals surface area contributed by atoms with Crippen LogP contribution in [0.15, 0.2) is 18.3 Å². The van der Waals surface area contributed by atoms with Gasteiger partial charge in [0.15, 0.2) is 0 Å². The fourth-order valence-electron chi connectivity index (χ4n) is 6.53. The van der Waals surface area contributed by atoms with Gasteiger partial charge in [0.2, 0.25) is 11.8 Å². The Hall–Kier alpha value is -2.45. The Labute approximate surface area is 185 Å². The highest BCUT2D eigenvalue weighted by Gasteiger charge is 2.59. The maximum Gasteiger partial charge on any atom is 0.410 e. The summed E-state index contributed by atoms with van der Waals surface area (Å²) in [5.74, 6) is -1.99. The summed E-state index contributed by atoms with van der Waals surface area (Å²) in [6, 6.07) is 2.73. The lowest BCUT2D eigenvalue weighted by Gasteiger charge is -2.58. The molecule has 9 heteroatoms. The summed E-state index contributed by atoms with van der Waals surface area (Å²) >= 11 is 0. The van der Waals surface area contributed by atoms with E-state index in [-0.39, 0.29) is 47.5 Å². The standard InChI is InChI=1S/C23H29F2N3O4/c1-22(24,25)16-2-3-18(27-11-16)31-17-4-5-28(12-17)21(30)32-19-14-6-13-7-15(19)10-23(8-13,9-14)20(26)29/h2-3,11,13-15,17,19H,4-10,12H2,1H3,(H2,26,29)/t13?,14?,15?,17-,19-,23-/m1/s1. The van der Waals surface area contributed by atoms with Crippen molar-refractivity contribution in [1.29, 1.82) is 0 Å². The van der Waals surface area contributed by atoms with E-state index in [0.717, 1.165) is 45.2 Å². The zero-order valence-electron chi connectivity index (χ0n) is 18.1. The second kappa shape index (κ2) is 7.56. The largest absolute Gasteiger partial charge is 0.472 e. The maximum atomic E-state index is 13.3. The number of nitrogens with two attached hydrogens (primary N) is 1. The molecule has 0 spiro atoms. The Kier molecular flexibility index (Phi) is 5.05. The number of alkyl halides is 2. The molecule has 1 saturated heterocycles. The van der Waals surface area contributed by atoms with E-state index in [4.69, 9.17) is 15.2 Å². The summed E-state index contributed by atoms with van der Waals surface area (Å²) < 4.78 is 38.4. The third kappa shape index (κ3) is 3.79. The second-order valence-corrected chi connectivity index (χ2v) is 10.2. The zero-order chi connectivity index (χ0) is 22.7. The Morgan fingerprint density at radius 2 is 1.94 bits per heavy atom. The smallest absolute Gasteiger partial charge is 0.410 e. The van der Waals surface area contributed by atoms with Gasteiger partial charge >= 0.3 is 6.09 Å². The molecular formula is C23H29F2N3O4. The number of pyridine rings is 1. The van der Waals surface area contributed by atoms with Crippen molar-refractivity contribution in [3.05, 3.63) is 23.9 Å². The number of halogens is 2. The Bertz CT molecular complexity index is 887. The molecule has 2 unspecified atom stereocenters. The van der Waals surface area contributed by atoms with E-state index in [1.165, 1.54) is 12.1 Å². The molecule has 5 aliphatic rings. The number of aromatic nitrogens is 1. The van der Waals surface area contributed by atoms with Gasteiger partial charge in [0.25, 0.3) is 5.92 Å². The van der Waals surface area contributed by atoms with Gasteiger partial charge in [-0.15, -0.1) is 0 Å². The molecule has 174 valence electrons. The molecule has 1 aliphatic heterocycles. The molecular weight excluding hydrogens is 420 g/mol. The third-order valence-electron chi connectivity index (χ3n) is 7.88. The Balaban J connectivity index is 1.16. The van der Waals surface area contributed by atoms with Gasteiger partial charge in [0, 0.05) is 37.7 Å². The average Bonchev–Trinajstić information content (AvgIpc) is 3.18. The van der Waals surface area contributed by atoms with Crippen molar-refractivity contribution >= 4 is 12.0 Å². The molecule has 0 radical (unpaired) electrons. The van der Waals surface area contributed by atoms with Crippen LogP contribution in [0.3, 0.4) is 0 Å². The molecule has 3 atom stereocenters. The second-order valence-electron chi connectivity index (χ2n) is 10.2. The summed E-state index contributed by atoms with van der Waals surface area (Å²) in [7, 11) is 0. The monoisotopic (exact) mass is 449 g/mol. The number of likely N-dealkylation sites (tertiary alicyclic amines) is 1. The van der Waals surface area contributed by atoms with Gasteiger partial charge < -0.3 is 20.1 Å². The van der Waals surface area contributed by atoms with E-state index in [1.54, 1.807) is 4.90 Å². The summed E-state index contributed by atoms with van der Waals surface area (Å²) in [4.78, 5) is 30.6. The predicted octanol–water partition coefficient (Wildman–Crippen LogP) is 3.46. The minimum absolute atomic E-state index is 0.156. The molecule has 1 aromatic rings. The average molecular weight is 449 g/mol. The number of hydrogen-bond donors (Lipinski definition) is 1. The van der Waals surface area contributed by atoms with Crippen LogP contribution in [0.1, 0.15) is 51.0 Å². The molecule has 0 aromatic carbocycles. The number of amides is 2. The van der Waals surface area contributed by atoms with Crippen molar-refractivity contribution in [3.8, 4) is 5.88 Å². The number of hydrogen-bond acceptors (Lipinski definition) is 5. The number of carbonyl (C=O) groups is 2. The molecule has 32 heavy (non-hydrogen) atoms. The van der Waals surface area contributed by atoms with E-state index in [2.05, 4.69) is 4.98 Å². The first kappa shape index (κ1) is 21.4. The summed E-state index contributed by atoms with van der Waals surface area (Å²) in [6.45, 7) is 1.69. The van der Waals surface area contributed by atoms with Crippen LogP contribution in [0.25, 0.3) is 0 Å². The summed E-state index contributed by atoms with van der Waals surface area (Å²) in [6.07, 6.45) is 5.27. The molecule has 6 rings (SSSR count). The van der Waals surface area contributed by atoms with Crippen LogP contribution in [0.2, 0.25) is 0 Å². The van der Waals surface area contributed by atoms with Gasteiger partial charge in [0.1, 0.15) is 12.2 Å². The van der Waals surface area contributed by atoms with Crippen molar-refractivity contribution in [2.75, 3.05) is 13.1 Å². The lowest BCUT2D eigenvalue weighted by molar-refractivity contribution is -0.161. The first-order valence-electron chi connectivity index (χ1n) is 11.4. The summed E-state index contributed by atoms with van der Waals surface area (Å²) in [5.41, 5.74) is 5.16. The molecule has 2 N–H and O–H groups in total. The molecule has 5 fully saturated rings. The van der Waals surface area contributed by atoms with Crippen LogP contribution in [0.4, 0.5) is 13.6 Å². The number of ether oxygens (including phenoxy) is 2. The minimum Gasteiger partial charge on any atom is -0.472 e. The fourth-order valence-corrected chi connectivity index (χ4v) is 6.53. The van der Waals surface area contributed by atoms with Crippen molar-refractivity contribution in [2.24, 2.45) is 28.9 Å². The third-order valence-corrected chi connectivity index (χ3v) is 7.88. The van der Waals surface area contributed by atoms with E-state index in [9.17, 15) is 18.4 Å². The molecule has 4 saturated carbocycles. The normalized spacial score (nSPS) is 35.7. The fraction of sp³-hybridized carbons (Fsp3) is 0.696. The maximum absolute atomic E-state index is 13.3. The SMILES string of the molecule is CC(F)(F)c1ccc(O[C@@H]2CCN(C(=O)O[C@H]3C4CC5CC3C[C@](C(N)=O)(C5)C4)C2)nc1. The number of nitrogens with zero attached hydrogens (tertiary/aromatic N) is 2. The number of carbonyl (C=O) groups excluding carboxylic acids is 2. The van der Waals surface area contributed by atoms with Gasteiger partial charge in [0.05, 0.1) is 12.0 Å². The van der Waals surface area contributed by atoms with E-state index in [0.29, 0.717) is 25.4 Å². The Morgan fingerprint density at radius 3 is 2.53 bits per heavy atom. The van der Waals surface area contributed by atoms with Gasteiger partial charge in [-0.3, -0.25) is 4.79 Å². The lowest BCUT2D eigenvalue weighted by Crippen LogP contribution is -2.59. The van der Waals surface area contributed by atoms with Crippen LogP contribution in [0, 0.1) is 23.2 Å². The molecule has 1 aromatic heterocycles. The van der Waals surface area contributed by atoms with E-state index < -0.39 is 11.3 Å². The lowest BCUT2D eigenvalue weighted by atomic mass is 9.48. The van der Waals surface area contributed by atoms with Crippen molar-refractivity contribution in [3.63, 3.8) is 0 Å². The highest BCUT2D eigenvalue weighted by atomic mass is 19.3. The van der Waals surface area contributed by atoms with Crippen LogP contribution < -0.4 is 10.5 Å². The molecule has 2 heterocycles. The molecule has 4 aliphatic carbocycles. The van der Waals surface area contributed by atoms with Crippen LogP contribution >= 0.6 is 0 Å². The molecule has 7 nitrogen and oxygen atoms in total. The van der Waals surface area contributed by atoms with Gasteiger partial charge in [-0.25, -0.2) is 18.6 Å². The quantitative estimate of drug-likeness (QED) is 0.743. The van der Waals surface area contributed by atoms with Crippen molar-refractivity contribution in [1.82, 2.24) is 9.88 Å². The number of primary amides is 1. The highest BCUT2D eigenvalue weighted by Crippen LogP contribution is 2.60. The number of rotatable bonds is 5. The molecule has 2 amide bonds. The van der Waals surface area contributed by atoms with Crippen LogP contribution in [-0.2, 0) is 15.5 Å². The first-order valence-corrected chi connectivity index (χ1v) is 11.4. The van der Waals surface area contributed by atoms with E-state index >= 15 is 0 Å². The first-order chi connectivity index (χ1) is 15.1. The minimum atomic E-state index is -2.95. The van der Waals surface area contributed by atoms with E-state index in [1.807, 2.05) is 0 Å². The van der Waals surface area contributed by atoms with Crippen LogP contribution in [-0.4, -0.2) is 47.2 Å². The van der Waals surface area contributed by atoms with Crippen LogP contribution in [0.5, 0.6) is 5.88 Å². The van der Waals surface area contributed by atoms with Gasteiger partial charge in [-0.1, -0.05) is 0 Å². The van der Waals surface area contributed by atoms with Gasteiger partial charge in [-0.05, 0) is 55.9 Å². The summed E-state index contributed by atoms with van der Waals surface area (Å²) in [5, 5.41) is 0. The molecule has 4 bridgehead atoms. The topological polar surface area (TPSA) is 94.7 Å². The zero-order valence-corrected chi connectivity index (χ0v) is 18.1.